The van der Waals surface area contributed by atoms with Crippen LogP contribution in [0.3, 0.4) is 0 Å². The summed E-state index contributed by atoms with van der Waals surface area (Å²) in [5, 5.41) is 3.48. The maximum atomic E-state index is 5.53. The van der Waals surface area contributed by atoms with Crippen LogP contribution in [0, 0.1) is 17.3 Å². The molecule has 112 valence electrons. The topological polar surface area (TPSA) is 24.5 Å². The Kier molecular flexibility index (Phi) is 5.67. The maximum Gasteiger partial charge on any atom is 0.0531 e. The van der Waals surface area contributed by atoms with Crippen LogP contribution in [0.4, 0.5) is 0 Å². The molecule has 0 unspecified atom stereocenters. The second kappa shape index (κ2) is 7.05. The second-order valence-corrected chi connectivity index (χ2v) is 7.04. The molecule has 0 amide bonds. The first kappa shape index (κ1) is 15.3. The molecule has 2 aliphatic heterocycles. The smallest absolute Gasteiger partial charge is 0.0531 e. The molecule has 1 N–H and O–H groups in total. The van der Waals surface area contributed by atoms with Crippen LogP contribution in [0.1, 0.15) is 39.5 Å². The third kappa shape index (κ3) is 4.17. The number of likely N-dealkylation sites (tertiary alicyclic amines) is 1. The van der Waals surface area contributed by atoms with Gasteiger partial charge in [0.05, 0.1) is 6.61 Å². The highest BCUT2D eigenvalue weighted by molar-refractivity contribution is 4.89. The van der Waals surface area contributed by atoms with Crippen molar-refractivity contribution in [3.63, 3.8) is 0 Å². The van der Waals surface area contributed by atoms with Crippen molar-refractivity contribution >= 4 is 0 Å². The molecule has 0 aromatic heterocycles. The van der Waals surface area contributed by atoms with E-state index >= 15 is 0 Å². The van der Waals surface area contributed by atoms with Crippen molar-refractivity contribution in [2.45, 2.75) is 39.5 Å². The van der Waals surface area contributed by atoms with Crippen molar-refractivity contribution in [3.05, 3.63) is 0 Å². The molecule has 2 fully saturated rings. The van der Waals surface area contributed by atoms with Crippen LogP contribution in [-0.2, 0) is 4.74 Å². The second-order valence-electron chi connectivity index (χ2n) is 7.04. The Morgan fingerprint density at radius 2 is 1.84 bits per heavy atom. The Morgan fingerprint density at radius 3 is 2.37 bits per heavy atom. The molecular formula is C16H32N2O. The van der Waals surface area contributed by atoms with Crippen LogP contribution in [-0.4, -0.2) is 51.3 Å². The minimum atomic E-state index is 0.407. The summed E-state index contributed by atoms with van der Waals surface area (Å²) in [7, 11) is 1.86. The number of methoxy groups -OCH3 is 1. The fourth-order valence-electron chi connectivity index (χ4n) is 3.86. The fraction of sp³-hybridized carbons (Fsp3) is 1.00. The van der Waals surface area contributed by atoms with Crippen LogP contribution in [0.15, 0.2) is 0 Å². The molecule has 19 heavy (non-hydrogen) atoms. The van der Waals surface area contributed by atoms with Crippen LogP contribution in [0.2, 0.25) is 0 Å². The Labute approximate surface area is 119 Å². The first-order chi connectivity index (χ1) is 9.15. The number of nitrogens with one attached hydrogen (secondary N) is 1. The van der Waals surface area contributed by atoms with Gasteiger partial charge in [0.1, 0.15) is 0 Å². The summed E-state index contributed by atoms with van der Waals surface area (Å²) in [5.74, 6) is 1.80. The normalized spacial score (nSPS) is 25.9. The summed E-state index contributed by atoms with van der Waals surface area (Å²) in [5.41, 5.74) is 0.407. The van der Waals surface area contributed by atoms with Gasteiger partial charge in [-0.2, -0.15) is 0 Å². The van der Waals surface area contributed by atoms with Crippen LogP contribution >= 0.6 is 0 Å². The molecule has 0 saturated carbocycles. The number of nitrogens with zero attached hydrogens (tertiary/aromatic N) is 1. The van der Waals surface area contributed by atoms with Crippen LogP contribution in [0.25, 0.3) is 0 Å². The zero-order valence-corrected chi connectivity index (χ0v) is 13.1. The highest BCUT2D eigenvalue weighted by Crippen LogP contribution is 2.32. The van der Waals surface area contributed by atoms with E-state index in [0.717, 1.165) is 31.5 Å². The first-order valence-electron chi connectivity index (χ1n) is 8.07. The van der Waals surface area contributed by atoms with E-state index in [0.29, 0.717) is 5.41 Å². The van der Waals surface area contributed by atoms with E-state index < -0.39 is 0 Å². The Hall–Kier alpha value is -0.120. The number of ether oxygens (including phenoxy) is 1. The fourth-order valence-corrected chi connectivity index (χ4v) is 3.86. The lowest BCUT2D eigenvalue weighted by Gasteiger charge is -2.43. The SMILES string of the molecule is COCC1(CN2CCC(C(C)C)CC2)CCNCC1. The van der Waals surface area contributed by atoms with Crippen molar-refractivity contribution in [1.82, 2.24) is 10.2 Å². The summed E-state index contributed by atoms with van der Waals surface area (Å²) >= 11 is 0. The average molecular weight is 268 g/mol. The molecule has 0 aliphatic carbocycles. The predicted octanol–water partition coefficient (Wildman–Crippen LogP) is 2.37. The summed E-state index contributed by atoms with van der Waals surface area (Å²) in [6, 6.07) is 0. The molecule has 0 aromatic rings. The van der Waals surface area contributed by atoms with Gasteiger partial charge in [-0.15, -0.1) is 0 Å². The summed E-state index contributed by atoms with van der Waals surface area (Å²) in [4.78, 5) is 2.70. The van der Waals surface area contributed by atoms with Crippen molar-refractivity contribution in [1.29, 1.82) is 0 Å². The molecule has 3 heteroatoms. The van der Waals surface area contributed by atoms with Gasteiger partial charge in [0.2, 0.25) is 0 Å². The lowest BCUT2D eigenvalue weighted by atomic mass is 9.78. The number of piperidine rings is 2. The molecule has 2 rings (SSSR count). The van der Waals surface area contributed by atoms with Gasteiger partial charge in [-0.05, 0) is 63.7 Å². The van der Waals surface area contributed by atoms with Crippen molar-refractivity contribution in [2.24, 2.45) is 17.3 Å². The molecule has 2 saturated heterocycles. The quantitative estimate of drug-likeness (QED) is 0.828. The van der Waals surface area contributed by atoms with Crippen molar-refractivity contribution in [3.8, 4) is 0 Å². The van der Waals surface area contributed by atoms with Crippen molar-refractivity contribution in [2.75, 3.05) is 46.4 Å². The largest absolute Gasteiger partial charge is 0.384 e. The molecule has 0 atom stereocenters. The van der Waals surface area contributed by atoms with Gasteiger partial charge in [-0.3, -0.25) is 0 Å². The van der Waals surface area contributed by atoms with E-state index in [2.05, 4.69) is 24.1 Å². The molecular weight excluding hydrogens is 236 g/mol. The lowest BCUT2D eigenvalue weighted by molar-refractivity contribution is 0.0113. The van der Waals surface area contributed by atoms with Gasteiger partial charge in [0.15, 0.2) is 0 Å². The van der Waals surface area contributed by atoms with Crippen LogP contribution < -0.4 is 5.32 Å². The van der Waals surface area contributed by atoms with Gasteiger partial charge in [-0.1, -0.05) is 13.8 Å². The predicted molar refractivity (Wildman–Crippen MR) is 80.4 cm³/mol. The minimum Gasteiger partial charge on any atom is -0.384 e. The van der Waals surface area contributed by atoms with Gasteiger partial charge in [-0.25, -0.2) is 0 Å². The zero-order chi connectivity index (χ0) is 13.7. The van der Waals surface area contributed by atoms with Gasteiger partial charge in [0.25, 0.3) is 0 Å². The highest BCUT2D eigenvalue weighted by Gasteiger charge is 2.35. The standard InChI is InChI=1S/C16H32N2O/c1-14(2)15-4-10-18(11-5-15)12-16(13-19-3)6-8-17-9-7-16/h14-15,17H,4-13H2,1-3H3. The Morgan fingerprint density at radius 1 is 1.21 bits per heavy atom. The van der Waals surface area contributed by atoms with E-state index in [1.807, 2.05) is 7.11 Å². The monoisotopic (exact) mass is 268 g/mol. The number of hydrogen-bond acceptors (Lipinski definition) is 3. The first-order valence-corrected chi connectivity index (χ1v) is 8.07. The van der Waals surface area contributed by atoms with Gasteiger partial charge in [0, 0.05) is 19.1 Å². The van der Waals surface area contributed by atoms with Crippen LogP contribution in [0.5, 0.6) is 0 Å². The Bertz CT molecular complexity index is 248. The number of hydrogen-bond donors (Lipinski definition) is 1. The van der Waals surface area contributed by atoms with E-state index in [9.17, 15) is 0 Å². The average Bonchev–Trinajstić information content (AvgIpc) is 2.40. The molecule has 0 spiro atoms. The van der Waals surface area contributed by atoms with Gasteiger partial charge < -0.3 is 15.0 Å². The molecule has 2 heterocycles. The molecule has 0 aromatic carbocycles. The van der Waals surface area contributed by atoms with Crippen molar-refractivity contribution < 1.29 is 4.74 Å². The molecule has 2 aliphatic rings. The van der Waals surface area contributed by atoms with E-state index in [4.69, 9.17) is 4.74 Å². The van der Waals surface area contributed by atoms with E-state index in [1.165, 1.54) is 45.3 Å². The molecule has 3 nitrogen and oxygen atoms in total. The number of rotatable bonds is 5. The summed E-state index contributed by atoms with van der Waals surface area (Å²) in [6.07, 6.45) is 5.31. The minimum absolute atomic E-state index is 0.407. The summed E-state index contributed by atoms with van der Waals surface area (Å²) in [6.45, 7) is 11.8. The summed E-state index contributed by atoms with van der Waals surface area (Å²) < 4.78 is 5.53. The zero-order valence-electron chi connectivity index (χ0n) is 13.1. The maximum absolute atomic E-state index is 5.53. The third-order valence-electron chi connectivity index (χ3n) is 5.25. The van der Waals surface area contributed by atoms with E-state index in [-0.39, 0.29) is 0 Å². The third-order valence-corrected chi connectivity index (χ3v) is 5.25. The Balaban J connectivity index is 1.85. The van der Waals surface area contributed by atoms with E-state index in [1.54, 1.807) is 0 Å². The lowest BCUT2D eigenvalue weighted by Crippen LogP contribution is -2.49. The molecule has 0 radical (unpaired) electrons. The molecule has 0 bridgehead atoms. The van der Waals surface area contributed by atoms with Gasteiger partial charge >= 0.3 is 0 Å². The highest BCUT2D eigenvalue weighted by atomic mass is 16.5.